The lowest BCUT2D eigenvalue weighted by molar-refractivity contribution is -0.0331. The van der Waals surface area contributed by atoms with E-state index >= 15 is 0 Å². The summed E-state index contributed by atoms with van der Waals surface area (Å²) in [4.78, 5) is 6.24. The van der Waals surface area contributed by atoms with E-state index in [-0.39, 0.29) is 6.10 Å². The number of rotatable bonds is 3. The van der Waals surface area contributed by atoms with Crippen LogP contribution in [-0.4, -0.2) is 29.6 Å². The van der Waals surface area contributed by atoms with Gasteiger partial charge in [-0.3, -0.25) is 9.88 Å². The SMILES string of the molecule is Fc1ccc(C2CN(Cc3ccncc3)CCO2)cc1F. The van der Waals surface area contributed by atoms with Crippen molar-refractivity contribution in [2.45, 2.75) is 12.6 Å². The third-order valence-electron chi connectivity index (χ3n) is 3.62. The molecule has 0 N–H and O–H groups in total. The Bertz CT molecular complexity index is 606. The normalized spacial score (nSPS) is 19.6. The smallest absolute Gasteiger partial charge is 0.159 e. The van der Waals surface area contributed by atoms with Crippen molar-refractivity contribution in [3.8, 4) is 0 Å². The molecule has 0 radical (unpaired) electrons. The summed E-state index contributed by atoms with van der Waals surface area (Å²) in [5, 5.41) is 0. The second-order valence-electron chi connectivity index (χ2n) is 5.12. The van der Waals surface area contributed by atoms with Crippen LogP contribution in [0.5, 0.6) is 0 Å². The first-order valence-electron chi connectivity index (χ1n) is 6.90. The van der Waals surface area contributed by atoms with Gasteiger partial charge in [-0.1, -0.05) is 6.07 Å². The maximum Gasteiger partial charge on any atom is 0.159 e. The van der Waals surface area contributed by atoms with Crippen LogP contribution >= 0.6 is 0 Å². The summed E-state index contributed by atoms with van der Waals surface area (Å²) in [6.07, 6.45) is 3.31. The molecule has 0 saturated carbocycles. The van der Waals surface area contributed by atoms with E-state index in [0.29, 0.717) is 18.7 Å². The molecule has 1 aromatic carbocycles. The largest absolute Gasteiger partial charge is 0.371 e. The predicted molar refractivity (Wildman–Crippen MR) is 74.6 cm³/mol. The molecule has 1 unspecified atom stereocenters. The molecule has 1 aliphatic heterocycles. The van der Waals surface area contributed by atoms with Crippen molar-refractivity contribution in [2.75, 3.05) is 19.7 Å². The van der Waals surface area contributed by atoms with Crippen LogP contribution in [0, 0.1) is 11.6 Å². The van der Waals surface area contributed by atoms with Crippen molar-refractivity contribution in [3.05, 3.63) is 65.5 Å². The fourth-order valence-corrected chi connectivity index (χ4v) is 2.51. The van der Waals surface area contributed by atoms with Gasteiger partial charge in [0.05, 0.1) is 12.7 Å². The number of benzene rings is 1. The van der Waals surface area contributed by atoms with E-state index in [1.54, 1.807) is 18.5 Å². The molecular formula is C16H16F2N2O. The average Bonchev–Trinajstić information content (AvgIpc) is 2.51. The summed E-state index contributed by atoms with van der Waals surface area (Å²) in [6.45, 7) is 2.86. The lowest BCUT2D eigenvalue weighted by Crippen LogP contribution is -2.37. The Labute approximate surface area is 122 Å². The monoisotopic (exact) mass is 290 g/mol. The van der Waals surface area contributed by atoms with E-state index < -0.39 is 11.6 Å². The number of hydrogen-bond donors (Lipinski definition) is 0. The minimum absolute atomic E-state index is 0.226. The molecule has 3 nitrogen and oxygen atoms in total. The van der Waals surface area contributed by atoms with E-state index in [0.717, 1.165) is 19.2 Å². The van der Waals surface area contributed by atoms with Gasteiger partial charge >= 0.3 is 0 Å². The first-order chi connectivity index (χ1) is 10.2. The average molecular weight is 290 g/mol. The Kier molecular flexibility index (Phi) is 4.22. The molecule has 0 aliphatic carbocycles. The number of nitrogens with zero attached hydrogens (tertiary/aromatic N) is 2. The molecule has 3 rings (SSSR count). The quantitative estimate of drug-likeness (QED) is 0.869. The van der Waals surface area contributed by atoms with Crippen LogP contribution in [-0.2, 0) is 11.3 Å². The molecule has 1 aliphatic rings. The van der Waals surface area contributed by atoms with Crippen molar-refractivity contribution in [1.29, 1.82) is 0 Å². The van der Waals surface area contributed by atoms with Crippen LogP contribution in [0.15, 0.2) is 42.7 Å². The van der Waals surface area contributed by atoms with Crippen LogP contribution in [0.1, 0.15) is 17.2 Å². The summed E-state index contributed by atoms with van der Waals surface area (Å²) < 4.78 is 32.0. The molecule has 21 heavy (non-hydrogen) atoms. The summed E-state index contributed by atoms with van der Waals surface area (Å²) in [5.74, 6) is -1.66. The van der Waals surface area contributed by atoms with Gasteiger partial charge in [-0.15, -0.1) is 0 Å². The van der Waals surface area contributed by atoms with Crippen LogP contribution in [0.3, 0.4) is 0 Å². The van der Waals surface area contributed by atoms with Crippen molar-refractivity contribution >= 4 is 0 Å². The number of hydrogen-bond acceptors (Lipinski definition) is 3. The predicted octanol–water partition coefficient (Wildman–Crippen LogP) is 2.93. The summed E-state index contributed by atoms with van der Waals surface area (Å²) in [6, 6.07) is 7.90. The Morgan fingerprint density at radius 1 is 1.14 bits per heavy atom. The first kappa shape index (κ1) is 14.1. The van der Waals surface area contributed by atoms with Crippen LogP contribution in [0.25, 0.3) is 0 Å². The maximum atomic E-state index is 13.3. The van der Waals surface area contributed by atoms with E-state index in [9.17, 15) is 8.78 Å². The van der Waals surface area contributed by atoms with Gasteiger partial charge < -0.3 is 4.74 Å². The molecule has 1 atom stereocenters. The maximum absolute atomic E-state index is 13.3. The minimum atomic E-state index is -0.831. The lowest BCUT2D eigenvalue weighted by Gasteiger charge is -2.33. The molecule has 0 spiro atoms. The van der Waals surface area contributed by atoms with Crippen molar-refractivity contribution in [1.82, 2.24) is 9.88 Å². The van der Waals surface area contributed by atoms with Crippen molar-refractivity contribution in [3.63, 3.8) is 0 Å². The highest BCUT2D eigenvalue weighted by atomic mass is 19.2. The molecule has 1 fully saturated rings. The molecule has 2 aromatic rings. The van der Waals surface area contributed by atoms with Gasteiger partial charge in [0.15, 0.2) is 11.6 Å². The molecule has 0 amide bonds. The fraction of sp³-hybridized carbons (Fsp3) is 0.312. The standard InChI is InChI=1S/C16H16F2N2O/c17-14-2-1-13(9-15(14)18)16-11-20(7-8-21-16)10-12-3-5-19-6-4-12/h1-6,9,16H,7-8,10-11H2. The summed E-state index contributed by atoms with van der Waals surface area (Å²) in [7, 11) is 0. The summed E-state index contributed by atoms with van der Waals surface area (Å²) >= 11 is 0. The zero-order valence-corrected chi connectivity index (χ0v) is 11.5. The van der Waals surface area contributed by atoms with Gasteiger partial charge in [0.1, 0.15) is 0 Å². The van der Waals surface area contributed by atoms with Gasteiger partial charge in [0, 0.05) is 32.0 Å². The van der Waals surface area contributed by atoms with Gasteiger partial charge in [-0.05, 0) is 35.4 Å². The third-order valence-corrected chi connectivity index (χ3v) is 3.62. The second kappa shape index (κ2) is 6.28. The van der Waals surface area contributed by atoms with Gasteiger partial charge in [-0.2, -0.15) is 0 Å². The number of ether oxygens (including phenoxy) is 1. The number of pyridine rings is 1. The topological polar surface area (TPSA) is 25.4 Å². The van der Waals surface area contributed by atoms with E-state index in [1.165, 1.54) is 11.6 Å². The first-order valence-corrected chi connectivity index (χ1v) is 6.90. The molecule has 5 heteroatoms. The molecule has 1 saturated heterocycles. The molecule has 0 bridgehead atoms. The minimum Gasteiger partial charge on any atom is -0.371 e. The second-order valence-corrected chi connectivity index (χ2v) is 5.12. The molecule has 1 aromatic heterocycles. The fourth-order valence-electron chi connectivity index (χ4n) is 2.51. The third kappa shape index (κ3) is 3.43. The number of aromatic nitrogens is 1. The Hall–Kier alpha value is -1.85. The highest BCUT2D eigenvalue weighted by Crippen LogP contribution is 2.24. The zero-order valence-electron chi connectivity index (χ0n) is 11.5. The Morgan fingerprint density at radius 2 is 1.95 bits per heavy atom. The number of morpholine rings is 1. The highest BCUT2D eigenvalue weighted by molar-refractivity contribution is 5.21. The van der Waals surface area contributed by atoms with E-state index in [2.05, 4.69) is 9.88 Å². The van der Waals surface area contributed by atoms with Crippen molar-refractivity contribution < 1.29 is 13.5 Å². The Morgan fingerprint density at radius 3 is 2.71 bits per heavy atom. The van der Waals surface area contributed by atoms with Crippen molar-refractivity contribution in [2.24, 2.45) is 0 Å². The molecular weight excluding hydrogens is 274 g/mol. The van der Waals surface area contributed by atoms with Crippen LogP contribution in [0.2, 0.25) is 0 Å². The lowest BCUT2D eigenvalue weighted by atomic mass is 10.1. The highest BCUT2D eigenvalue weighted by Gasteiger charge is 2.22. The summed E-state index contributed by atoms with van der Waals surface area (Å²) in [5.41, 5.74) is 1.85. The zero-order chi connectivity index (χ0) is 14.7. The van der Waals surface area contributed by atoms with Crippen LogP contribution < -0.4 is 0 Å². The van der Waals surface area contributed by atoms with Gasteiger partial charge in [-0.25, -0.2) is 8.78 Å². The van der Waals surface area contributed by atoms with Gasteiger partial charge in [0.2, 0.25) is 0 Å². The van der Waals surface area contributed by atoms with E-state index in [1.807, 2.05) is 12.1 Å². The number of halogens is 2. The van der Waals surface area contributed by atoms with Crippen LogP contribution in [0.4, 0.5) is 8.78 Å². The molecule has 110 valence electrons. The van der Waals surface area contributed by atoms with E-state index in [4.69, 9.17) is 4.74 Å². The Balaban J connectivity index is 1.69. The van der Waals surface area contributed by atoms with Gasteiger partial charge in [0.25, 0.3) is 0 Å². The molecule has 2 heterocycles.